The maximum Gasteiger partial charge on any atom is 0.354 e. The largest absolute Gasteiger partial charge is 0.493 e. The second-order valence-corrected chi connectivity index (χ2v) is 8.46. The third-order valence-corrected chi connectivity index (χ3v) is 6.45. The first-order chi connectivity index (χ1) is 15.5. The molecule has 2 N–H and O–H groups in total. The minimum atomic E-state index is -1.06. The molecule has 1 saturated heterocycles. The first-order valence-electron chi connectivity index (χ1n) is 11.0. The Kier molecular flexibility index (Phi) is 5.20. The third kappa shape index (κ3) is 3.77. The first kappa shape index (κ1) is 20.4. The topological polar surface area (TPSA) is 95.0 Å². The zero-order chi connectivity index (χ0) is 22.2. The Balaban J connectivity index is 1.38. The van der Waals surface area contributed by atoms with Crippen LogP contribution in [0.25, 0.3) is 6.08 Å². The summed E-state index contributed by atoms with van der Waals surface area (Å²) < 4.78 is 6.14. The maximum absolute atomic E-state index is 13.1. The average Bonchev–Trinajstić information content (AvgIpc) is 2.79. The molecule has 166 valence electrons. The number of amides is 1. The number of nitrogens with zero attached hydrogens (tertiary/aromatic N) is 3. The van der Waals surface area contributed by atoms with Gasteiger partial charge in [-0.15, -0.1) is 0 Å². The molecule has 1 fully saturated rings. The molecule has 32 heavy (non-hydrogen) atoms. The van der Waals surface area contributed by atoms with Crippen molar-refractivity contribution in [1.82, 2.24) is 9.88 Å². The molecule has 2 aromatic rings. The number of piperazine rings is 1. The summed E-state index contributed by atoms with van der Waals surface area (Å²) in [6.45, 7) is 4.95. The average molecular weight is 434 g/mol. The number of nitrogens with one attached hydrogen (secondary N) is 1. The number of benzene rings is 1. The first-order valence-corrected chi connectivity index (χ1v) is 11.0. The van der Waals surface area contributed by atoms with Gasteiger partial charge in [0.15, 0.2) is 0 Å². The van der Waals surface area contributed by atoms with Gasteiger partial charge in [-0.3, -0.25) is 4.79 Å². The van der Waals surface area contributed by atoms with E-state index >= 15 is 0 Å². The summed E-state index contributed by atoms with van der Waals surface area (Å²) in [4.78, 5) is 32.1. The van der Waals surface area contributed by atoms with E-state index < -0.39 is 5.97 Å². The van der Waals surface area contributed by atoms with Crippen molar-refractivity contribution < 1.29 is 19.4 Å². The van der Waals surface area contributed by atoms with E-state index in [1.807, 2.05) is 9.80 Å². The summed E-state index contributed by atoms with van der Waals surface area (Å²) in [7, 11) is 0. The van der Waals surface area contributed by atoms with Crippen molar-refractivity contribution in [3.63, 3.8) is 0 Å². The van der Waals surface area contributed by atoms with Crippen LogP contribution < -0.4 is 15.0 Å². The number of anilines is 2. The fourth-order valence-corrected chi connectivity index (χ4v) is 4.60. The van der Waals surface area contributed by atoms with Gasteiger partial charge in [-0.2, -0.15) is 0 Å². The molecular formula is C24H26N4O4. The minimum absolute atomic E-state index is 0.00693. The number of hydrogen-bond acceptors (Lipinski definition) is 6. The lowest BCUT2D eigenvalue weighted by molar-refractivity contribution is -0.135. The summed E-state index contributed by atoms with van der Waals surface area (Å²) in [5.74, 6) is -0.164. The molecule has 8 heteroatoms. The van der Waals surface area contributed by atoms with E-state index in [-0.39, 0.29) is 24.2 Å². The highest BCUT2D eigenvalue weighted by atomic mass is 16.5. The zero-order valence-corrected chi connectivity index (χ0v) is 18.0. The van der Waals surface area contributed by atoms with Crippen molar-refractivity contribution in [1.29, 1.82) is 0 Å². The van der Waals surface area contributed by atoms with Gasteiger partial charge in [0, 0.05) is 42.9 Å². The van der Waals surface area contributed by atoms with Gasteiger partial charge in [0.1, 0.15) is 11.4 Å². The van der Waals surface area contributed by atoms with Crippen molar-refractivity contribution >= 4 is 29.3 Å². The Hall–Kier alpha value is -3.55. The number of carboxylic acid groups (broad SMARTS) is 1. The lowest BCUT2D eigenvalue weighted by Crippen LogP contribution is -2.57. The predicted octanol–water partition coefficient (Wildman–Crippen LogP) is 3.00. The fourth-order valence-electron chi connectivity index (χ4n) is 4.60. The number of ether oxygens (including phenoxy) is 1. The number of carboxylic acids is 1. The highest BCUT2D eigenvalue weighted by Gasteiger charge is 2.34. The molecular weight excluding hydrogens is 408 g/mol. The van der Waals surface area contributed by atoms with Crippen LogP contribution >= 0.6 is 0 Å². The van der Waals surface area contributed by atoms with Gasteiger partial charge in [0.25, 0.3) is 0 Å². The Morgan fingerprint density at radius 2 is 2.19 bits per heavy atom. The van der Waals surface area contributed by atoms with E-state index in [0.717, 1.165) is 47.6 Å². The Morgan fingerprint density at radius 1 is 1.31 bits per heavy atom. The number of pyridine rings is 1. The zero-order valence-electron chi connectivity index (χ0n) is 18.0. The van der Waals surface area contributed by atoms with Crippen molar-refractivity contribution in [2.75, 3.05) is 36.5 Å². The van der Waals surface area contributed by atoms with Crippen LogP contribution in [0.2, 0.25) is 0 Å². The van der Waals surface area contributed by atoms with Crippen LogP contribution in [0.4, 0.5) is 11.4 Å². The molecule has 0 unspecified atom stereocenters. The fraction of sp³-hybridized carbons (Fsp3) is 0.375. The summed E-state index contributed by atoms with van der Waals surface area (Å²) in [6, 6.07) is 7.40. The quantitative estimate of drug-likeness (QED) is 0.767. The van der Waals surface area contributed by atoms with E-state index in [1.165, 1.54) is 17.8 Å². The van der Waals surface area contributed by atoms with E-state index in [1.54, 1.807) is 6.07 Å². The molecule has 1 aromatic heterocycles. The van der Waals surface area contributed by atoms with E-state index in [4.69, 9.17) is 9.84 Å². The van der Waals surface area contributed by atoms with Crippen LogP contribution in [0, 0.1) is 0 Å². The molecule has 0 aliphatic carbocycles. The van der Waals surface area contributed by atoms with Gasteiger partial charge in [-0.1, -0.05) is 18.6 Å². The van der Waals surface area contributed by atoms with Crippen molar-refractivity contribution in [3.8, 4) is 5.75 Å². The second kappa shape index (κ2) is 8.18. The molecule has 8 nitrogen and oxygen atoms in total. The van der Waals surface area contributed by atoms with Crippen molar-refractivity contribution in [2.45, 2.75) is 32.4 Å². The minimum Gasteiger partial charge on any atom is -0.493 e. The number of carbonyl (C=O) groups is 2. The Bertz CT molecular complexity index is 1100. The molecule has 5 rings (SSSR count). The van der Waals surface area contributed by atoms with Gasteiger partial charge in [-0.25, -0.2) is 9.78 Å². The Morgan fingerprint density at radius 3 is 2.94 bits per heavy atom. The smallest absolute Gasteiger partial charge is 0.354 e. The van der Waals surface area contributed by atoms with Crippen molar-refractivity contribution in [2.24, 2.45) is 0 Å². The number of fused-ring (bicyclic) bond motifs is 3. The summed E-state index contributed by atoms with van der Waals surface area (Å²) in [6.07, 6.45) is 5.49. The number of carbonyl (C=O) groups excluding carboxylic acids is 1. The molecule has 1 aromatic carbocycles. The molecule has 1 atom stereocenters. The SMILES string of the molecule is CCC1=Cc2cc3c(cc2NC1)CN1C(=O)CN(c2ccc(C(=O)O)nc2)C[C@H]1CCO3. The van der Waals surface area contributed by atoms with Gasteiger partial charge in [0.05, 0.1) is 31.1 Å². The van der Waals surface area contributed by atoms with Crippen LogP contribution in [-0.4, -0.2) is 59.1 Å². The van der Waals surface area contributed by atoms with Crippen molar-refractivity contribution in [3.05, 3.63) is 52.9 Å². The van der Waals surface area contributed by atoms with Crippen LogP contribution in [-0.2, 0) is 11.3 Å². The highest BCUT2D eigenvalue weighted by Crippen LogP contribution is 2.35. The molecule has 0 bridgehead atoms. The number of aromatic nitrogens is 1. The Labute approximate surface area is 186 Å². The van der Waals surface area contributed by atoms with E-state index in [9.17, 15) is 9.59 Å². The summed E-state index contributed by atoms with van der Waals surface area (Å²) in [5.41, 5.74) is 5.34. The molecule has 1 amide bonds. The van der Waals surface area contributed by atoms with Crippen LogP contribution in [0.15, 0.2) is 36.0 Å². The van der Waals surface area contributed by atoms with Crippen LogP contribution in [0.3, 0.4) is 0 Å². The number of hydrogen-bond donors (Lipinski definition) is 2. The molecule has 0 spiro atoms. The normalized spacial score (nSPS) is 20.0. The lowest BCUT2D eigenvalue weighted by atomic mass is 9.98. The lowest BCUT2D eigenvalue weighted by Gasteiger charge is -2.43. The van der Waals surface area contributed by atoms with Gasteiger partial charge in [0.2, 0.25) is 5.91 Å². The molecule has 0 saturated carbocycles. The summed E-state index contributed by atoms with van der Waals surface area (Å²) >= 11 is 0. The maximum atomic E-state index is 13.1. The third-order valence-electron chi connectivity index (χ3n) is 6.45. The highest BCUT2D eigenvalue weighted by molar-refractivity contribution is 5.86. The van der Waals surface area contributed by atoms with Gasteiger partial charge < -0.3 is 25.0 Å². The predicted molar refractivity (Wildman–Crippen MR) is 121 cm³/mol. The van der Waals surface area contributed by atoms with Crippen LogP contribution in [0.5, 0.6) is 5.75 Å². The molecule has 3 aliphatic heterocycles. The van der Waals surface area contributed by atoms with Gasteiger partial charge >= 0.3 is 5.97 Å². The molecule has 3 aliphatic rings. The number of aromatic carboxylic acids is 1. The van der Waals surface area contributed by atoms with Crippen LogP contribution in [0.1, 0.15) is 41.4 Å². The second-order valence-electron chi connectivity index (χ2n) is 8.46. The van der Waals surface area contributed by atoms with E-state index in [2.05, 4.69) is 35.4 Å². The van der Waals surface area contributed by atoms with E-state index in [0.29, 0.717) is 19.7 Å². The standard InChI is InChI=1S/C24H26N4O4/c1-2-15-7-16-9-22-17(8-21(16)25-10-15)12-28-19(5-6-32-22)13-27(14-23(28)29)18-3-4-20(24(30)31)26-11-18/h3-4,7-9,11,19,25H,2,5-6,10,12-14H2,1H3,(H,30,31)/t19-/m1/s1. The number of rotatable bonds is 3. The molecule has 0 radical (unpaired) electrons. The summed E-state index contributed by atoms with van der Waals surface area (Å²) in [5, 5.41) is 12.6. The molecule has 4 heterocycles. The van der Waals surface area contributed by atoms with Gasteiger partial charge in [-0.05, 0) is 30.7 Å². The monoisotopic (exact) mass is 434 g/mol.